The number of methoxy groups -OCH3 is 1. The van der Waals surface area contributed by atoms with E-state index < -0.39 is 0 Å². The Hall–Kier alpha value is -2.08. The molecule has 0 N–H and O–H groups in total. The first-order valence-electron chi connectivity index (χ1n) is 8.18. The molecule has 1 aromatic carbocycles. The molecular weight excluding hydrogens is 324 g/mol. The van der Waals surface area contributed by atoms with E-state index in [1.807, 2.05) is 41.5 Å². The van der Waals surface area contributed by atoms with E-state index in [0.29, 0.717) is 13.0 Å². The van der Waals surface area contributed by atoms with Crippen LogP contribution in [0.1, 0.15) is 36.6 Å². The summed E-state index contributed by atoms with van der Waals surface area (Å²) in [6.07, 6.45) is 2.36. The first kappa shape index (κ1) is 16.8. The van der Waals surface area contributed by atoms with Gasteiger partial charge in [-0.15, -0.1) is 0 Å². The van der Waals surface area contributed by atoms with Crippen LogP contribution in [0.25, 0.3) is 0 Å². The zero-order valence-electron chi connectivity index (χ0n) is 14.0. The number of hydrogen-bond acceptors (Lipinski definition) is 4. The number of hydrogen-bond donors (Lipinski definition) is 0. The lowest BCUT2D eigenvalue weighted by molar-refractivity contribution is -0.132. The highest BCUT2D eigenvalue weighted by atomic mass is 32.1. The number of ether oxygens (including phenoxy) is 1. The molecule has 1 aliphatic heterocycles. The van der Waals surface area contributed by atoms with Crippen molar-refractivity contribution in [2.24, 2.45) is 0 Å². The van der Waals surface area contributed by atoms with E-state index in [9.17, 15) is 9.59 Å². The molecule has 6 heteroatoms. The minimum Gasteiger partial charge on any atom is -0.497 e. The van der Waals surface area contributed by atoms with Crippen molar-refractivity contribution in [1.82, 2.24) is 9.47 Å². The number of benzene rings is 1. The topological polar surface area (TPSA) is 51.5 Å². The highest BCUT2D eigenvalue weighted by molar-refractivity contribution is 7.07. The molecule has 1 aliphatic rings. The van der Waals surface area contributed by atoms with Gasteiger partial charge in [-0.1, -0.05) is 23.5 Å². The lowest BCUT2D eigenvalue weighted by Gasteiger charge is -2.25. The fourth-order valence-electron chi connectivity index (χ4n) is 3.26. The third-order valence-corrected chi connectivity index (χ3v) is 5.48. The Labute approximate surface area is 145 Å². The second kappa shape index (κ2) is 7.21. The van der Waals surface area contributed by atoms with Gasteiger partial charge >= 0.3 is 4.87 Å². The number of likely N-dealkylation sites (tertiary alicyclic amines) is 1. The zero-order valence-corrected chi connectivity index (χ0v) is 14.8. The van der Waals surface area contributed by atoms with E-state index in [0.717, 1.165) is 36.4 Å². The van der Waals surface area contributed by atoms with Crippen LogP contribution < -0.4 is 9.61 Å². The Kier molecular flexibility index (Phi) is 5.04. The molecule has 24 heavy (non-hydrogen) atoms. The summed E-state index contributed by atoms with van der Waals surface area (Å²) in [5.41, 5.74) is 2.07. The van der Waals surface area contributed by atoms with Gasteiger partial charge < -0.3 is 14.2 Å². The molecule has 1 fully saturated rings. The predicted octanol–water partition coefficient (Wildman–Crippen LogP) is 2.98. The largest absolute Gasteiger partial charge is 0.497 e. The average Bonchev–Trinajstić information content (AvgIpc) is 3.20. The van der Waals surface area contributed by atoms with Gasteiger partial charge in [0.1, 0.15) is 5.75 Å². The summed E-state index contributed by atoms with van der Waals surface area (Å²) in [5.74, 6) is 0.938. The van der Waals surface area contributed by atoms with Crippen LogP contribution in [0.4, 0.5) is 0 Å². The molecule has 3 rings (SSSR count). The summed E-state index contributed by atoms with van der Waals surface area (Å²) in [4.78, 5) is 26.4. The Balaban J connectivity index is 1.68. The second-order valence-corrected chi connectivity index (χ2v) is 6.88. The van der Waals surface area contributed by atoms with Crippen LogP contribution in [0, 0.1) is 6.92 Å². The fourth-order valence-corrected chi connectivity index (χ4v) is 4.02. The van der Waals surface area contributed by atoms with Crippen molar-refractivity contribution in [1.29, 1.82) is 0 Å². The molecule has 2 aromatic rings. The number of carbonyl (C=O) groups is 1. The van der Waals surface area contributed by atoms with E-state index in [-0.39, 0.29) is 16.8 Å². The number of nitrogens with zero attached hydrogens (tertiary/aromatic N) is 2. The fraction of sp³-hybridized carbons (Fsp3) is 0.444. The molecule has 0 unspecified atom stereocenters. The molecule has 128 valence electrons. The van der Waals surface area contributed by atoms with Gasteiger partial charge in [0.05, 0.1) is 13.2 Å². The second-order valence-electron chi connectivity index (χ2n) is 6.06. The van der Waals surface area contributed by atoms with Gasteiger partial charge in [-0.05, 0) is 37.5 Å². The summed E-state index contributed by atoms with van der Waals surface area (Å²) >= 11 is 1.19. The summed E-state index contributed by atoms with van der Waals surface area (Å²) in [6, 6.07) is 8.06. The number of thiazole rings is 1. The van der Waals surface area contributed by atoms with Gasteiger partial charge in [-0.25, -0.2) is 0 Å². The van der Waals surface area contributed by atoms with Crippen LogP contribution in [-0.4, -0.2) is 29.0 Å². The quantitative estimate of drug-likeness (QED) is 0.836. The van der Waals surface area contributed by atoms with Crippen LogP contribution in [-0.2, 0) is 11.3 Å². The van der Waals surface area contributed by atoms with Crippen LogP contribution in [0.3, 0.4) is 0 Å². The Morgan fingerprint density at radius 2 is 2.08 bits per heavy atom. The van der Waals surface area contributed by atoms with Crippen LogP contribution >= 0.6 is 11.3 Å². The van der Waals surface area contributed by atoms with Crippen LogP contribution in [0.2, 0.25) is 0 Å². The predicted molar refractivity (Wildman–Crippen MR) is 94.6 cm³/mol. The Morgan fingerprint density at radius 3 is 2.71 bits per heavy atom. The van der Waals surface area contributed by atoms with Gasteiger partial charge in [-0.2, -0.15) is 0 Å². The monoisotopic (exact) mass is 346 g/mol. The van der Waals surface area contributed by atoms with Crippen LogP contribution in [0.15, 0.2) is 34.4 Å². The smallest absolute Gasteiger partial charge is 0.307 e. The van der Waals surface area contributed by atoms with Crippen molar-refractivity contribution in [3.8, 4) is 5.75 Å². The lowest BCUT2D eigenvalue weighted by atomic mass is 10.0. The molecule has 0 bridgehead atoms. The summed E-state index contributed by atoms with van der Waals surface area (Å²) < 4.78 is 6.88. The molecule has 0 saturated carbocycles. The van der Waals surface area contributed by atoms with E-state index in [1.54, 1.807) is 11.7 Å². The summed E-state index contributed by atoms with van der Waals surface area (Å²) in [5, 5.41) is 1.84. The molecule has 0 radical (unpaired) electrons. The van der Waals surface area contributed by atoms with Gasteiger partial charge in [0.25, 0.3) is 0 Å². The number of amides is 1. The molecule has 1 saturated heterocycles. The maximum Gasteiger partial charge on any atom is 0.307 e. The van der Waals surface area contributed by atoms with Gasteiger partial charge in [0.15, 0.2) is 0 Å². The highest BCUT2D eigenvalue weighted by Crippen LogP contribution is 2.33. The minimum absolute atomic E-state index is 0.00780. The molecular formula is C18H22N2O3S. The van der Waals surface area contributed by atoms with E-state index in [4.69, 9.17) is 4.74 Å². The zero-order chi connectivity index (χ0) is 17.1. The van der Waals surface area contributed by atoms with E-state index in [2.05, 4.69) is 0 Å². The average molecular weight is 346 g/mol. The van der Waals surface area contributed by atoms with Crippen molar-refractivity contribution < 1.29 is 9.53 Å². The van der Waals surface area contributed by atoms with E-state index in [1.165, 1.54) is 11.3 Å². The highest BCUT2D eigenvalue weighted by Gasteiger charge is 2.29. The van der Waals surface area contributed by atoms with Crippen molar-refractivity contribution >= 4 is 17.2 Å². The van der Waals surface area contributed by atoms with Crippen LogP contribution in [0.5, 0.6) is 5.75 Å². The third kappa shape index (κ3) is 3.38. The molecule has 2 heterocycles. The van der Waals surface area contributed by atoms with Crippen molar-refractivity contribution in [3.05, 3.63) is 50.6 Å². The molecule has 1 amide bonds. The first-order chi connectivity index (χ1) is 11.6. The molecule has 0 aliphatic carbocycles. The summed E-state index contributed by atoms with van der Waals surface area (Å²) in [7, 11) is 1.65. The standard InChI is InChI=1S/C18H22N2O3S/c1-13-12-24-18(22)19(13)11-9-17(21)20-10-3-4-16(20)14-5-7-15(23-2)8-6-14/h5-8,12,16H,3-4,9-11H2,1-2H3/t16-/m0/s1. The maximum atomic E-state index is 12.7. The molecule has 1 atom stereocenters. The maximum absolute atomic E-state index is 12.7. The Morgan fingerprint density at radius 1 is 1.33 bits per heavy atom. The number of carbonyl (C=O) groups excluding carboxylic acids is 1. The summed E-state index contributed by atoms with van der Waals surface area (Å²) in [6.45, 7) is 3.14. The normalized spacial score (nSPS) is 17.2. The van der Waals surface area contributed by atoms with E-state index >= 15 is 0 Å². The Bertz CT molecular complexity index is 763. The number of aromatic nitrogens is 1. The van der Waals surface area contributed by atoms with Crippen molar-refractivity contribution in [2.45, 2.75) is 38.8 Å². The lowest BCUT2D eigenvalue weighted by Crippen LogP contribution is -2.32. The van der Waals surface area contributed by atoms with Crippen molar-refractivity contribution in [3.63, 3.8) is 0 Å². The molecule has 5 nitrogen and oxygen atoms in total. The van der Waals surface area contributed by atoms with Crippen molar-refractivity contribution in [2.75, 3.05) is 13.7 Å². The van der Waals surface area contributed by atoms with Gasteiger partial charge in [0.2, 0.25) is 5.91 Å². The number of rotatable bonds is 5. The SMILES string of the molecule is COc1ccc([C@@H]2CCCN2C(=O)CCn2c(C)csc2=O)cc1. The first-order valence-corrected chi connectivity index (χ1v) is 9.06. The molecule has 1 aromatic heterocycles. The minimum atomic E-state index is 0.00780. The van der Waals surface area contributed by atoms with Gasteiger partial charge in [-0.3, -0.25) is 9.59 Å². The molecule has 0 spiro atoms. The third-order valence-electron chi connectivity index (χ3n) is 4.60. The number of aryl methyl sites for hydroxylation is 1. The van der Waals surface area contributed by atoms with Gasteiger partial charge in [0, 0.05) is 30.6 Å².